The average Bonchev–Trinajstić information content (AvgIpc) is 2.88. The number of hydrogen-bond donors (Lipinski definition) is 1. The van der Waals surface area contributed by atoms with Gasteiger partial charge in [-0.1, -0.05) is 12.1 Å². The van der Waals surface area contributed by atoms with Gasteiger partial charge in [0.1, 0.15) is 28.8 Å². The van der Waals surface area contributed by atoms with Crippen LogP contribution in [0.25, 0.3) is 55.4 Å². The number of fused-ring (bicyclic) bond motifs is 4. The van der Waals surface area contributed by atoms with E-state index in [0.29, 0.717) is 21.9 Å². The largest absolute Gasteiger partial charge is 0.463 e. The van der Waals surface area contributed by atoms with Gasteiger partial charge >= 0.3 is 5.63 Å². The highest BCUT2D eigenvalue weighted by molar-refractivity contribution is 6.03. The molecule has 6 aromatic rings. The number of aromatic nitrogens is 2. The Morgan fingerprint density at radius 2 is 1.64 bits per heavy atom. The third-order valence-corrected chi connectivity index (χ3v) is 5.91. The lowest BCUT2D eigenvalue weighted by atomic mass is 10.0. The zero-order chi connectivity index (χ0) is 25.0. The Bertz CT molecular complexity index is 2040. The molecule has 0 amide bonds. The van der Waals surface area contributed by atoms with Crippen LogP contribution in [0.4, 0.5) is 5.69 Å². The van der Waals surface area contributed by atoms with Crippen LogP contribution in [0, 0.1) is 10.1 Å². The predicted molar refractivity (Wildman–Crippen MR) is 132 cm³/mol. The fraction of sp³-hybridized carbons (Fsp3) is 0. The molecule has 0 unspecified atom stereocenters. The highest BCUT2D eigenvalue weighted by Crippen LogP contribution is 2.28. The average molecular weight is 479 g/mol. The summed E-state index contributed by atoms with van der Waals surface area (Å²) >= 11 is 0. The maximum Gasteiger partial charge on any atom is 0.347 e. The second-order valence-corrected chi connectivity index (χ2v) is 8.02. The smallest absolute Gasteiger partial charge is 0.347 e. The number of rotatable bonds is 3. The van der Waals surface area contributed by atoms with Crippen LogP contribution in [-0.2, 0) is 0 Å². The molecule has 0 bridgehead atoms. The first kappa shape index (κ1) is 21.2. The molecule has 1 N–H and O–H groups in total. The molecule has 0 aliphatic rings. The number of nitro benzene ring substituents is 1. The molecular weight excluding hydrogens is 466 g/mol. The molecule has 0 spiro atoms. The fourth-order valence-electron chi connectivity index (χ4n) is 4.13. The molecule has 0 atom stereocenters. The van der Waals surface area contributed by atoms with Crippen molar-refractivity contribution in [3.63, 3.8) is 0 Å². The third-order valence-electron chi connectivity index (χ3n) is 5.91. The maximum absolute atomic E-state index is 13.3. The Balaban J connectivity index is 1.56. The molecule has 174 valence electrons. The second kappa shape index (κ2) is 7.84. The zero-order valence-corrected chi connectivity index (χ0v) is 18.2. The number of hydrogen-bond acceptors (Lipinski definition) is 8. The molecule has 3 heterocycles. The van der Waals surface area contributed by atoms with Crippen molar-refractivity contribution in [2.45, 2.75) is 0 Å². The first-order valence-electron chi connectivity index (χ1n) is 10.7. The van der Waals surface area contributed by atoms with Gasteiger partial charge in [-0.2, -0.15) is 0 Å². The summed E-state index contributed by atoms with van der Waals surface area (Å²) in [6.07, 6.45) is 1.26. The minimum atomic E-state index is -0.717. The van der Waals surface area contributed by atoms with E-state index in [1.54, 1.807) is 24.3 Å². The third kappa shape index (κ3) is 3.28. The molecule has 3 aromatic heterocycles. The number of aromatic amines is 1. The van der Waals surface area contributed by atoms with E-state index >= 15 is 0 Å². The number of H-pyrrole nitrogens is 1. The summed E-state index contributed by atoms with van der Waals surface area (Å²) in [5, 5.41) is 11.9. The van der Waals surface area contributed by atoms with Crippen molar-refractivity contribution in [3.8, 4) is 22.5 Å². The molecule has 0 aliphatic carbocycles. The lowest BCUT2D eigenvalue weighted by Gasteiger charge is -2.07. The number of nitrogens with one attached hydrogen (secondary N) is 1. The second-order valence-electron chi connectivity index (χ2n) is 8.02. The minimum absolute atomic E-state index is 0.0000486. The number of nitro groups is 1. The summed E-state index contributed by atoms with van der Waals surface area (Å²) in [5.41, 5.74) is -0.147. The van der Waals surface area contributed by atoms with Crippen LogP contribution < -0.4 is 16.6 Å². The molecule has 0 saturated heterocycles. The van der Waals surface area contributed by atoms with Crippen LogP contribution in [-0.4, -0.2) is 14.9 Å². The standard InChI is InChI=1S/C26H13N3O7/c30-22-16-9-10-21-17(23(16)35-12-19(22)13-5-7-14(8-6-13)29(33)34)11-18(26(32)36-21)24-27-20-4-2-1-3-15(20)25(31)28-24/h1-12H,(H,27,28,31). The monoisotopic (exact) mass is 479 g/mol. The first-order valence-corrected chi connectivity index (χ1v) is 10.7. The molecule has 10 heteroatoms. The Hall–Kier alpha value is -5.38. The Morgan fingerprint density at radius 1 is 0.861 bits per heavy atom. The van der Waals surface area contributed by atoms with Crippen LogP contribution in [0.1, 0.15) is 0 Å². The lowest BCUT2D eigenvalue weighted by Crippen LogP contribution is -2.13. The van der Waals surface area contributed by atoms with E-state index in [0.717, 1.165) is 0 Å². The van der Waals surface area contributed by atoms with E-state index < -0.39 is 16.1 Å². The van der Waals surface area contributed by atoms with E-state index in [9.17, 15) is 24.5 Å². The zero-order valence-electron chi connectivity index (χ0n) is 18.2. The van der Waals surface area contributed by atoms with E-state index in [1.807, 2.05) is 0 Å². The Morgan fingerprint density at radius 3 is 2.42 bits per heavy atom. The number of para-hydroxylation sites is 1. The van der Waals surface area contributed by atoms with E-state index in [2.05, 4.69) is 9.97 Å². The highest BCUT2D eigenvalue weighted by Gasteiger charge is 2.17. The Kier molecular flexibility index (Phi) is 4.61. The molecule has 0 aliphatic heterocycles. The highest BCUT2D eigenvalue weighted by atomic mass is 16.6. The van der Waals surface area contributed by atoms with Crippen molar-refractivity contribution in [2.24, 2.45) is 0 Å². The summed E-state index contributed by atoms with van der Waals surface area (Å²) in [4.78, 5) is 55.9. The number of nitrogens with zero attached hydrogens (tertiary/aromatic N) is 2. The molecule has 10 nitrogen and oxygen atoms in total. The Labute approximate surface area is 199 Å². The van der Waals surface area contributed by atoms with Gasteiger partial charge < -0.3 is 13.8 Å². The summed E-state index contributed by atoms with van der Waals surface area (Å²) in [6.45, 7) is 0. The van der Waals surface area contributed by atoms with Gasteiger partial charge in [0.2, 0.25) is 5.43 Å². The summed E-state index contributed by atoms with van der Waals surface area (Å²) in [5.74, 6) is 0.0243. The van der Waals surface area contributed by atoms with Gasteiger partial charge in [-0.25, -0.2) is 9.78 Å². The molecular formula is C26H13N3O7. The van der Waals surface area contributed by atoms with Crippen molar-refractivity contribution in [2.75, 3.05) is 0 Å². The molecule has 36 heavy (non-hydrogen) atoms. The fourth-order valence-corrected chi connectivity index (χ4v) is 4.13. The summed E-state index contributed by atoms with van der Waals surface area (Å²) in [7, 11) is 0. The van der Waals surface area contributed by atoms with Gasteiger partial charge in [0.25, 0.3) is 11.2 Å². The van der Waals surface area contributed by atoms with Gasteiger partial charge in [-0.05, 0) is 48.0 Å². The van der Waals surface area contributed by atoms with Crippen molar-refractivity contribution >= 4 is 38.5 Å². The van der Waals surface area contributed by atoms with E-state index in [1.165, 1.54) is 48.7 Å². The van der Waals surface area contributed by atoms with Crippen molar-refractivity contribution in [1.29, 1.82) is 0 Å². The van der Waals surface area contributed by atoms with Crippen LogP contribution in [0.2, 0.25) is 0 Å². The predicted octanol–water partition coefficient (Wildman–Crippen LogP) is 4.38. The number of benzene rings is 3. The molecule has 3 aromatic carbocycles. The van der Waals surface area contributed by atoms with E-state index in [-0.39, 0.29) is 44.6 Å². The SMILES string of the molecule is O=c1oc2ccc3c(=O)c(-c4ccc([N+](=O)[O-])cc4)coc3c2cc1-c1nc2ccccc2c(=O)[nH]1. The van der Waals surface area contributed by atoms with Gasteiger partial charge in [0, 0.05) is 12.1 Å². The van der Waals surface area contributed by atoms with Crippen LogP contribution in [0.3, 0.4) is 0 Å². The normalized spacial score (nSPS) is 11.3. The molecule has 0 fully saturated rings. The van der Waals surface area contributed by atoms with Gasteiger partial charge in [-0.3, -0.25) is 19.7 Å². The minimum Gasteiger partial charge on any atom is -0.463 e. The maximum atomic E-state index is 13.3. The van der Waals surface area contributed by atoms with Gasteiger partial charge in [-0.15, -0.1) is 0 Å². The van der Waals surface area contributed by atoms with Crippen molar-refractivity contribution in [1.82, 2.24) is 9.97 Å². The van der Waals surface area contributed by atoms with Gasteiger partial charge in [0.15, 0.2) is 0 Å². The summed E-state index contributed by atoms with van der Waals surface area (Å²) in [6, 6.07) is 16.7. The van der Waals surface area contributed by atoms with Crippen LogP contribution in [0.15, 0.2) is 96.2 Å². The molecule has 6 rings (SSSR count). The van der Waals surface area contributed by atoms with Crippen molar-refractivity contribution < 1.29 is 13.8 Å². The lowest BCUT2D eigenvalue weighted by molar-refractivity contribution is -0.384. The number of non-ortho nitro benzene ring substituents is 1. The molecule has 0 radical (unpaired) electrons. The van der Waals surface area contributed by atoms with Crippen molar-refractivity contribution in [3.05, 3.63) is 114 Å². The topological polar surface area (TPSA) is 149 Å². The quantitative estimate of drug-likeness (QED) is 0.170. The van der Waals surface area contributed by atoms with Crippen LogP contribution in [0.5, 0.6) is 0 Å². The first-order chi connectivity index (χ1) is 17.4. The molecule has 0 saturated carbocycles. The van der Waals surface area contributed by atoms with E-state index in [4.69, 9.17) is 8.83 Å². The summed E-state index contributed by atoms with van der Waals surface area (Å²) < 4.78 is 11.3. The van der Waals surface area contributed by atoms with Crippen LogP contribution >= 0.6 is 0 Å². The van der Waals surface area contributed by atoms with Gasteiger partial charge in [0.05, 0.1) is 32.2 Å².